The Morgan fingerprint density at radius 2 is 2.05 bits per heavy atom. The van der Waals surface area contributed by atoms with Crippen LogP contribution in [0, 0.1) is 0 Å². The normalized spacial score (nSPS) is 12.3. The Balaban J connectivity index is 2.75. The summed E-state index contributed by atoms with van der Waals surface area (Å²) in [6.45, 7) is 5.95. The second-order valence-electron chi connectivity index (χ2n) is 5.02. The third kappa shape index (κ3) is 4.91. The number of rotatable bonds is 6. The molecule has 0 bridgehead atoms. The van der Waals surface area contributed by atoms with Crippen molar-refractivity contribution in [2.75, 3.05) is 13.7 Å². The monoisotopic (exact) mass is 265 g/mol. The van der Waals surface area contributed by atoms with Crippen molar-refractivity contribution in [3.05, 3.63) is 29.8 Å². The highest BCUT2D eigenvalue weighted by atomic mass is 16.5. The predicted molar refractivity (Wildman–Crippen MR) is 75.2 cm³/mol. The van der Waals surface area contributed by atoms with Crippen LogP contribution in [-0.4, -0.2) is 41.7 Å². The molecule has 0 aliphatic carbocycles. The highest BCUT2D eigenvalue weighted by molar-refractivity contribution is 5.79. The lowest BCUT2D eigenvalue weighted by Crippen LogP contribution is -2.42. The highest BCUT2D eigenvalue weighted by Crippen LogP contribution is 2.14. The van der Waals surface area contributed by atoms with E-state index in [-0.39, 0.29) is 11.9 Å². The summed E-state index contributed by atoms with van der Waals surface area (Å²) in [4.78, 5) is 14.0. The zero-order chi connectivity index (χ0) is 14.4. The molecule has 106 valence electrons. The van der Waals surface area contributed by atoms with Crippen molar-refractivity contribution < 1.29 is 14.6 Å². The second-order valence-corrected chi connectivity index (χ2v) is 5.02. The fraction of sp³-hybridized carbons (Fsp3) is 0.533. The summed E-state index contributed by atoms with van der Waals surface area (Å²) in [5, 5.41) is 9.45. The number of amides is 1. The Labute approximate surface area is 115 Å². The van der Waals surface area contributed by atoms with Crippen LogP contribution in [0.4, 0.5) is 0 Å². The summed E-state index contributed by atoms with van der Waals surface area (Å²) in [7, 11) is 1.61. The van der Waals surface area contributed by atoms with Gasteiger partial charge in [0.2, 0.25) is 5.91 Å². The van der Waals surface area contributed by atoms with Gasteiger partial charge in [-0.1, -0.05) is 12.1 Å². The largest absolute Gasteiger partial charge is 0.497 e. The third-order valence-electron chi connectivity index (χ3n) is 2.89. The highest BCUT2D eigenvalue weighted by Gasteiger charge is 2.18. The Bertz CT molecular complexity index is 416. The van der Waals surface area contributed by atoms with Crippen molar-refractivity contribution >= 4 is 5.91 Å². The molecule has 0 saturated heterocycles. The first-order valence-electron chi connectivity index (χ1n) is 6.54. The van der Waals surface area contributed by atoms with Crippen LogP contribution < -0.4 is 4.74 Å². The molecule has 1 aromatic rings. The first kappa shape index (κ1) is 15.5. The number of hydrogen-bond acceptors (Lipinski definition) is 3. The molecule has 0 saturated carbocycles. The molecule has 0 spiro atoms. The first-order valence-corrected chi connectivity index (χ1v) is 6.54. The van der Waals surface area contributed by atoms with E-state index in [1.165, 1.54) is 0 Å². The molecule has 1 unspecified atom stereocenters. The maximum Gasteiger partial charge on any atom is 0.227 e. The van der Waals surface area contributed by atoms with Gasteiger partial charge < -0.3 is 14.7 Å². The summed E-state index contributed by atoms with van der Waals surface area (Å²) in [6, 6.07) is 7.56. The first-order chi connectivity index (χ1) is 8.93. The molecular weight excluding hydrogens is 242 g/mol. The number of benzene rings is 1. The number of aliphatic hydroxyl groups is 1. The Morgan fingerprint density at radius 1 is 1.37 bits per heavy atom. The van der Waals surface area contributed by atoms with Crippen LogP contribution in [0.3, 0.4) is 0 Å². The van der Waals surface area contributed by atoms with Crippen LogP contribution in [-0.2, 0) is 11.2 Å². The molecule has 0 aliphatic heterocycles. The van der Waals surface area contributed by atoms with Crippen LogP contribution >= 0.6 is 0 Å². The molecule has 0 aromatic heterocycles. The van der Waals surface area contributed by atoms with Gasteiger partial charge in [-0.3, -0.25) is 4.79 Å². The van der Waals surface area contributed by atoms with E-state index in [1.807, 2.05) is 38.1 Å². The van der Waals surface area contributed by atoms with E-state index in [1.54, 1.807) is 18.9 Å². The van der Waals surface area contributed by atoms with Crippen molar-refractivity contribution in [1.82, 2.24) is 4.90 Å². The second kappa shape index (κ2) is 7.14. The zero-order valence-corrected chi connectivity index (χ0v) is 12.1. The number of carbonyl (C=O) groups excluding carboxylic acids is 1. The van der Waals surface area contributed by atoms with E-state index in [4.69, 9.17) is 4.74 Å². The number of nitrogens with zero attached hydrogens (tertiary/aromatic N) is 1. The lowest BCUT2D eigenvalue weighted by atomic mass is 10.1. The fourth-order valence-electron chi connectivity index (χ4n) is 1.94. The molecule has 1 N–H and O–H groups in total. The number of ether oxygens (including phenoxy) is 1. The molecule has 0 aliphatic rings. The van der Waals surface area contributed by atoms with Crippen molar-refractivity contribution in [3.63, 3.8) is 0 Å². The van der Waals surface area contributed by atoms with Gasteiger partial charge in [-0.2, -0.15) is 0 Å². The van der Waals surface area contributed by atoms with Gasteiger partial charge in [0.15, 0.2) is 0 Å². The molecule has 1 atom stereocenters. The van der Waals surface area contributed by atoms with Crippen molar-refractivity contribution in [1.29, 1.82) is 0 Å². The van der Waals surface area contributed by atoms with E-state index in [9.17, 15) is 9.90 Å². The van der Waals surface area contributed by atoms with E-state index in [0.29, 0.717) is 13.0 Å². The third-order valence-corrected chi connectivity index (χ3v) is 2.89. The number of aliphatic hydroxyl groups excluding tert-OH is 1. The Kier molecular flexibility index (Phi) is 5.83. The predicted octanol–water partition coefficient (Wildman–Crippen LogP) is 1.86. The van der Waals surface area contributed by atoms with E-state index >= 15 is 0 Å². The van der Waals surface area contributed by atoms with E-state index in [0.717, 1.165) is 11.3 Å². The molecule has 0 heterocycles. The van der Waals surface area contributed by atoms with Gasteiger partial charge in [-0.15, -0.1) is 0 Å². The minimum absolute atomic E-state index is 0.0177. The number of hydrogen-bond donors (Lipinski definition) is 1. The van der Waals surface area contributed by atoms with Crippen molar-refractivity contribution in [2.45, 2.75) is 39.3 Å². The Hall–Kier alpha value is -1.55. The van der Waals surface area contributed by atoms with Gasteiger partial charge in [0, 0.05) is 12.6 Å². The van der Waals surface area contributed by atoms with E-state index < -0.39 is 6.10 Å². The lowest BCUT2D eigenvalue weighted by molar-refractivity contribution is -0.133. The average Bonchev–Trinajstić information content (AvgIpc) is 2.35. The topological polar surface area (TPSA) is 49.8 Å². The van der Waals surface area contributed by atoms with Crippen LogP contribution in [0.5, 0.6) is 5.75 Å². The van der Waals surface area contributed by atoms with Crippen LogP contribution in [0.1, 0.15) is 26.3 Å². The fourth-order valence-corrected chi connectivity index (χ4v) is 1.94. The van der Waals surface area contributed by atoms with E-state index in [2.05, 4.69) is 0 Å². The maximum absolute atomic E-state index is 12.3. The maximum atomic E-state index is 12.3. The summed E-state index contributed by atoms with van der Waals surface area (Å²) >= 11 is 0. The molecule has 0 fully saturated rings. The minimum Gasteiger partial charge on any atom is -0.497 e. The van der Waals surface area contributed by atoms with Crippen LogP contribution in [0.25, 0.3) is 0 Å². The van der Waals surface area contributed by atoms with Gasteiger partial charge in [-0.05, 0) is 38.5 Å². The molecular formula is C15H23NO3. The molecule has 4 heteroatoms. The summed E-state index contributed by atoms with van der Waals surface area (Å²) in [5.41, 5.74) is 0.917. The van der Waals surface area contributed by atoms with Gasteiger partial charge in [0.05, 0.1) is 19.6 Å². The number of carbonyl (C=O) groups is 1. The summed E-state index contributed by atoms with van der Waals surface area (Å²) in [6.07, 6.45) is -0.195. The molecule has 0 radical (unpaired) electrons. The number of methoxy groups -OCH3 is 1. The Morgan fingerprint density at radius 3 is 2.58 bits per heavy atom. The van der Waals surface area contributed by atoms with Gasteiger partial charge in [0.25, 0.3) is 0 Å². The van der Waals surface area contributed by atoms with Crippen molar-refractivity contribution in [2.24, 2.45) is 0 Å². The average molecular weight is 265 g/mol. The quantitative estimate of drug-likeness (QED) is 0.854. The molecule has 4 nitrogen and oxygen atoms in total. The van der Waals surface area contributed by atoms with Gasteiger partial charge >= 0.3 is 0 Å². The standard InChI is InChI=1S/C15H23NO3/c1-11(2)16(10-12(3)17)15(18)9-13-6-5-7-14(8-13)19-4/h5-8,11-12,17H,9-10H2,1-4H3. The molecule has 1 aromatic carbocycles. The SMILES string of the molecule is COc1cccc(CC(=O)N(CC(C)O)C(C)C)c1. The van der Waals surface area contributed by atoms with Gasteiger partial charge in [0.1, 0.15) is 5.75 Å². The minimum atomic E-state index is -0.517. The van der Waals surface area contributed by atoms with Crippen molar-refractivity contribution in [3.8, 4) is 5.75 Å². The molecule has 1 rings (SSSR count). The van der Waals surface area contributed by atoms with Gasteiger partial charge in [-0.25, -0.2) is 0 Å². The molecule has 1 amide bonds. The zero-order valence-electron chi connectivity index (χ0n) is 12.1. The molecule has 19 heavy (non-hydrogen) atoms. The lowest BCUT2D eigenvalue weighted by Gasteiger charge is -2.28. The van der Waals surface area contributed by atoms with Crippen LogP contribution in [0.2, 0.25) is 0 Å². The van der Waals surface area contributed by atoms with Crippen LogP contribution in [0.15, 0.2) is 24.3 Å². The summed E-state index contributed by atoms with van der Waals surface area (Å²) < 4.78 is 5.14. The summed E-state index contributed by atoms with van der Waals surface area (Å²) in [5.74, 6) is 0.765. The smallest absolute Gasteiger partial charge is 0.227 e.